The average molecular weight is 387 g/mol. The number of likely N-dealkylation sites (tertiary alicyclic amines) is 2. The molecule has 1 aromatic rings. The number of nitrogens with zero attached hydrogens (tertiary/aromatic N) is 2. The Labute approximate surface area is 166 Å². The molecule has 1 N–H and O–H groups in total. The maximum Gasteiger partial charge on any atom is 0.234 e. The van der Waals surface area contributed by atoms with E-state index in [4.69, 9.17) is 0 Å². The number of halogens is 1. The second kappa shape index (κ2) is 8.19. The van der Waals surface area contributed by atoms with E-state index in [1.54, 1.807) is 12.1 Å². The predicted octanol–water partition coefficient (Wildman–Crippen LogP) is 2.35. The van der Waals surface area contributed by atoms with Crippen LogP contribution in [0.15, 0.2) is 24.3 Å². The first-order valence-electron chi connectivity index (χ1n) is 10.6. The Morgan fingerprint density at radius 1 is 1.18 bits per heavy atom. The zero-order chi connectivity index (χ0) is 19.6. The van der Waals surface area contributed by atoms with Gasteiger partial charge in [-0.2, -0.15) is 0 Å². The summed E-state index contributed by atoms with van der Waals surface area (Å²) in [5.41, 5.74) is 1.19. The molecule has 2 saturated heterocycles. The van der Waals surface area contributed by atoms with Crippen LogP contribution in [0.25, 0.3) is 0 Å². The van der Waals surface area contributed by atoms with Gasteiger partial charge in [0.1, 0.15) is 5.82 Å². The van der Waals surface area contributed by atoms with Crippen molar-refractivity contribution >= 4 is 11.8 Å². The van der Waals surface area contributed by atoms with Crippen molar-refractivity contribution in [1.82, 2.24) is 15.1 Å². The molecule has 0 bridgehead atoms. The van der Waals surface area contributed by atoms with Gasteiger partial charge >= 0.3 is 0 Å². The molecule has 1 aliphatic carbocycles. The van der Waals surface area contributed by atoms with Gasteiger partial charge in [0.15, 0.2) is 0 Å². The van der Waals surface area contributed by atoms with Crippen molar-refractivity contribution in [2.75, 3.05) is 32.7 Å². The minimum atomic E-state index is -0.239. The average Bonchev–Trinajstić information content (AvgIpc) is 3.51. The van der Waals surface area contributed by atoms with Crippen molar-refractivity contribution in [3.05, 3.63) is 35.6 Å². The van der Waals surface area contributed by atoms with Gasteiger partial charge in [-0.15, -0.1) is 0 Å². The van der Waals surface area contributed by atoms with Crippen molar-refractivity contribution in [2.45, 2.75) is 51.0 Å². The SMILES string of the molecule is O=C(CN1CCC[C@@]2(CCC(=O)N(C3CC3)C2)C1)NCCc1ccc(F)cc1. The van der Waals surface area contributed by atoms with Gasteiger partial charge < -0.3 is 10.2 Å². The minimum Gasteiger partial charge on any atom is -0.355 e. The second-order valence-electron chi connectivity index (χ2n) is 8.79. The molecule has 0 aromatic heterocycles. The van der Waals surface area contributed by atoms with Crippen LogP contribution in [0.4, 0.5) is 4.39 Å². The summed E-state index contributed by atoms with van der Waals surface area (Å²) in [6.07, 6.45) is 6.88. The molecule has 2 heterocycles. The molecule has 2 amide bonds. The number of rotatable bonds is 6. The number of hydrogen-bond acceptors (Lipinski definition) is 3. The molecule has 152 valence electrons. The molecule has 0 unspecified atom stereocenters. The van der Waals surface area contributed by atoms with Crippen molar-refractivity contribution in [3.63, 3.8) is 0 Å². The highest BCUT2D eigenvalue weighted by Gasteiger charge is 2.45. The third kappa shape index (κ3) is 4.72. The molecule has 4 rings (SSSR count). The van der Waals surface area contributed by atoms with E-state index in [2.05, 4.69) is 15.1 Å². The number of hydrogen-bond donors (Lipinski definition) is 1. The van der Waals surface area contributed by atoms with Crippen molar-refractivity contribution in [2.24, 2.45) is 5.41 Å². The van der Waals surface area contributed by atoms with E-state index in [-0.39, 0.29) is 17.1 Å². The van der Waals surface area contributed by atoms with Crippen LogP contribution in [0, 0.1) is 11.2 Å². The molecule has 3 fully saturated rings. The molecular formula is C22H30FN3O2. The first kappa shape index (κ1) is 19.4. The number of carbonyl (C=O) groups excluding carboxylic acids is 2. The summed E-state index contributed by atoms with van der Waals surface area (Å²) >= 11 is 0. The molecule has 5 nitrogen and oxygen atoms in total. The summed E-state index contributed by atoms with van der Waals surface area (Å²) in [7, 11) is 0. The van der Waals surface area contributed by atoms with E-state index in [0.29, 0.717) is 37.9 Å². The molecule has 6 heteroatoms. The van der Waals surface area contributed by atoms with Crippen LogP contribution in [-0.4, -0.2) is 60.4 Å². The highest BCUT2D eigenvalue weighted by Crippen LogP contribution is 2.42. The summed E-state index contributed by atoms with van der Waals surface area (Å²) in [6.45, 7) is 3.72. The highest BCUT2D eigenvalue weighted by atomic mass is 19.1. The molecule has 0 radical (unpaired) electrons. The van der Waals surface area contributed by atoms with Gasteiger partial charge in [-0.3, -0.25) is 14.5 Å². The van der Waals surface area contributed by atoms with Crippen molar-refractivity contribution < 1.29 is 14.0 Å². The standard InChI is InChI=1S/C22H30FN3O2/c23-18-4-2-17(3-5-18)9-12-24-20(27)14-25-13-1-10-22(15-25)11-8-21(28)26(16-22)19-6-7-19/h2-5,19H,1,6-16H2,(H,24,27)/t22-/m1/s1. The fourth-order valence-corrected chi connectivity index (χ4v) is 4.80. The molecular weight excluding hydrogens is 357 g/mol. The van der Waals surface area contributed by atoms with Crippen LogP contribution in [0.2, 0.25) is 0 Å². The van der Waals surface area contributed by atoms with Gasteiger partial charge in [-0.1, -0.05) is 12.1 Å². The van der Waals surface area contributed by atoms with Gasteiger partial charge in [0, 0.05) is 37.5 Å². The maximum absolute atomic E-state index is 12.9. The Bertz CT molecular complexity index is 719. The number of nitrogens with one attached hydrogen (secondary N) is 1. The van der Waals surface area contributed by atoms with Gasteiger partial charge in [-0.05, 0) is 62.8 Å². The van der Waals surface area contributed by atoms with Crippen LogP contribution in [-0.2, 0) is 16.0 Å². The fraction of sp³-hybridized carbons (Fsp3) is 0.636. The van der Waals surface area contributed by atoms with Gasteiger partial charge in [0.25, 0.3) is 0 Å². The third-order valence-electron chi connectivity index (χ3n) is 6.44. The normalized spacial score (nSPS) is 25.9. The second-order valence-corrected chi connectivity index (χ2v) is 8.79. The molecule has 28 heavy (non-hydrogen) atoms. The van der Waals surface area contributed by atoms with Gasteiger partial charge in [-0.25, -0.2) is 4.39 Å². The molecule has 1 saturated carbocycles. The molecule has 1 spiro atoms. The van der Waals surface area contributed by atoms with Crippen molar-refractivity contribution in [1.29, 1.82) is 0 Å². The summed E-state index contributed by atoms with van der Waals surface area (Å²) in [6, 6.07) is 6.89. The van der Waals surface area contributed by atoms with E-state index in [1.807, 2.05) is 0 Å². The lowest BCUT2D eigenvalue weighted by atomic mass is 9.73. The zero-order valence-electron chi connectivity index (χ0n) is 16.5. The van der Waals surface area contributed by atoms with E-state index in [9.17, 15) is 14.0 Å². The maximum atomic E-state index is 12.9. The van der Waals surface area contributed by atoms with Crippen LogP contribution in [0.3, 0.4) is 0 Å². The lowest BCUT2D eigenvalue weighted by molar-refractivity contribution is -0.140. The number of piperidine rings is 2. The topological polar surface area (TPSA) is 52.7 Å². The molecule has 1 aromatic carbocycles. The Hall–Kier alpha value is -1.95. The van der Waals surface area contributed by atoms with E-state index < -0.39 is 0 Å². The lowest BCUT2D eigenvalue weighted by Crippen LogP contribution is -2.55. The Morgan fingerprint density at radius 2 is 1.96 bits per heavy atom. The summed E-state index contributed by atoms with van der Waals surface area (Å²) in [5, 5.41) is 2.99. The first-order chi connectivity index (χ1) is 13.5. The summed E-state index contributed by atoms with van der Waals surface area (Å²) < 4.78 is 12.9. The van der Waals surface area contributed by atoms with Gasteiger partial charge in [0.05, 0.1) is 6.54 Å². The highest BCUT2D eigenvalue weighted by molar-refractivity contribution is 5.78. The van der Waals surface area contributed by atoms with E-state index in [1.165, 1.54) is 12.1 Å². The summed E-state index contributed by atoms with van der Waals surface area (Å²) in [4.78, 5) is 29.0. The Morgan fingerprint density at radius 3 is 2.71 bits per heavy atom. The Balaban J connectivity index is 1.24. The van der Waals surface area contributed by atoms with E-state index >= 15 is 0 Å². The first-order valence-corrected chi connectivity index (χ1v) is 10.6. The van der Waals surface area contributed by atoms with Crippen LogP contribution >= 0.6 is 0 Å². The quantitative estimate of drug-likeness (QED) is 0.815. The van der Waals surface area contributed by atoms with Crippen molar-refractivity contribution in [3.8, 4) is 0 Å². The number of benzene rings is 1. The molecule has 1 atom stereocenters. The zero-order valence-corrected chi connectivity index (χ0v) is 16.5. The number of carbonyl (C=O) groups is 2. The Kier molecular flexibility index (Phi) is 5.67. The van der Waals surface area contributed by atoms with Crippen LogP contribution in [0.1, 0.15) is 44.1 Å². The monoisotopic (exact) mass is 387 g/mol. The van der Waals surface area contributed by atoms with E-state index in [0.717, 1.165) is 57.3 Å². The van der Waals surface area contributed by atoms with Gasteiger partial charge in [0.2, 0.25) is 11.8 Å². The predicted molar refractivity (Wildman–Crippen MR) is 105 cm³/mol. The molecule has 3 aliphatic rings. The van der Waals surface area contributed by atoms with Crippen LogP contribution < -0.4 is 5.32 Å². The summed E-state index contributed by atoms with van der Waals surface area (Å²) in [5.74, 6) is 0.130. The minimum absolute atomic E-state index is 0.0464. The smallest absolute Gasteiger partial charge is 0.234 e. The third-order valence-corrected chi connectivity index (χ3v) is 6.44. The largest absolute Gasteiger partial charge is 0.355 e. The number of amides is 2. The molecule has 2 aliphatic heterocycles. The lowest BCUT2D eigenvalue weighted by Gasteiger charge is -2.48. The fourth-order valence-electron chi connectivity index (χ4n) is 4.80. The van der Waals surface area contributed by atoms with Crippen LogP contribution in [0.5, 0.6) is 0 Å².